The fourth-order valence-corrected chi connectivity index (χ4v) is 1.63. The van der Waals surface area contributed by atoms with Gasteiger partial charge in [0.1, 0.15) is 17.9 Å². The summed E-state index contributed by atoms with van der Waals surface area (Å²) in [4.78, 5) is 26.2. The first-order valence-corrected chi connectivity index (χ1v) is 6.12. The molecule has 1 heterocycles. The van der Waals surface area contributed by atoms with E-state index in [0.717, 1.165) is 0 Å². The summed E-state index contributed by atoms with van der Waals surface area (Å²) in [5.74, 6) is 0.137. The van der Waals surface area contributed by atoms with E-state index in [2.05, 4.69) is 10.3 Å². The second-order valence-electron chi connectivity index (χ2n) is 4.04. The van der Waals surface area contributed by atoms with Crippen LogP contribution in [0.25, 0.3) is 0 Å². The Hall–Kier alpha value is -2.60. The molecule has 0 saturated carbocycles. The summed E-state index contributed by atoms with van der Waals surface area (Å²) in [6.07, 6.45) is 2.84. The zero-order valence-electron chi connectivity index (χ0n) is 10.8. The third kappa shape index (κ3) is 3.46. The van der Waals surface area contributed by atoms with Gasteiger partial charge >= 0.3 is 0 Å². The number of carbonyl (C=O) groups is 1. The highest BCUT2D eigenvalue weighted by atomic mass is 16.5. The average Bonchev–Trinajstić information content (AvgIpc) is 2.46. The second-order valence-corrected chi connectivity index (χ2v) is 4.04. The summed E-state index contributed by atoms with van der Waals surface area (Å²) in [7, 11) is 0. The molecule has 0 bridgehead atoms. The fourth-order valence-electron chi connectivity index (χ4n) is 1.63. The van der Waals surface area contributed by atoms with Crippen LogP contribution in [-0.2, 0) is 0 Å². The molecule has 6 nitrogen and oxygen atoms in total. The molecule has 0 atom stereocenters. The topological polar surface area (TPSA) is 97.2 Å². The van der Waals surface area contributed by atoms with Gasteiger partial charge in [-0.3, -0.25) is 9.59 Å². The molecule has 0 saturated heterocycles. The van der Waals surface area contributed by atoms with Crippen LogP contribution in [0.1, 0.15) is 10.4 Å². The highest BCUT2D eigenvalue weighted by molar-refractivity contribution is 6.04. The minimum atomic E-state index is -0.470. The van der Waals surface area contributed by atoms with Crippen molar-refractivity contribution in [2.45, 2.75) is 0 Å². The van der Waals surface area contributed by atoms with E-state index < -0.39 is 5.91 Å². The zero-order valence-corrected chi connectivity index (χ0v) is 10.8. The van der Waals surface area contributed by atoms with Crippen LogP contribution < -0.4 is 21.2 Å². The smallest absolute Gasteiger partial charge is 0.261 e. The monoisotopic (exact) mass is 273 g/mol. The summed E-state index contributed by atoms with van der Waals surface area (Å²) < 4.78 is 5.36. The summed E-state index contributed by atoms with van der Waals surface area (Å²) in [6, 6.07) is 8.20. The molecule has 1 aromatic carbocycles. The van der Waals surface area contributed by atoms with Crippen molar-refractivity contribution in [1.82, 2.24) is 4.98 Å². The molecule has 1 aromatic heterocycles. The number of hydrogen-bond donors (Lipinski definition) is 3. The molecule has 104 valence electrons. The zero-order chi connectivity index (χ0) is 14.4. The van der Waals surface area contributed by atoms with Crippen LogP contribution in [0.5, 0.6) is 5.75 Å². The molecule has 0 aliphatic carbocycles. The predicted octanol–water partition coefficient (Wildman–Crippen LogP) is 0.965. The van der Waals surface area contributed by atoms with Gasteiger partial charge in [-0.15, -0.1) is 0 Å². The van der Waals surface area contributed by atoms with Crippen molar-refractivity contribution in [2.24, 2.45) is 5.73 Å². The van der Waals surface area contributed by atoms with Crippen LogP contribution >= 0.6 is 0 Å². The summed E-state index contributed by atoms with van der Waals surface area (Å²) in [5.41, 5.74) is 5.62. The second kappa shape index (κ2) is 6.53. The number of rotatable bonds is 5. The Bertz CT molecular complexity index is 652. The van der Waals surface area contributed by atoms with Gasteiger partial charge in [-0.1, -0.05) is 6.07 Å². The van der Waals surface area contributed by atoms with Crippen LogP contribution in [0, 0.1) is 0 Å². The highest BCUT2D eigenvalue weighted by Crippen LogP contribution is 2.17. The molecule has 0 aliphatic heterocycles. The Morgan fingerprint density at radius 2 is 2.20 bits per heavy atom. The van der Waals surface area contributed by atoms with Crippen LogP contribution in [0.15, 0.2) is 47.5 Å². The number of aromatic nitrogens is 1. The maximum Gasteiger partial charge on any atom is 0.261 e. The van der Waals surface area contributed by atoms with Gasteiger partial charge in [-0.25, -0.2) is 0 Å². The van der Waals surface area contributed by atoms with E-state index in [-0.39, 0.29) is 11.0 Å². The number of amides is 1. The summed E-state index contributed by atoms with van der Waals surface area (Å²) >= 11 is 0. The lowest BCUT2D eigenvalue weighted by molar-refractivity contribution is 0.102. The minimum Gasteiger partial charge on any atom is -0.492 e. The molecule has 1 amide bonds. The van der Waals surface area contributed by atoms with Crippen molar-refractivity contribution in [3.8, 4) is 5.75 Å². The Balaban J connectivity index is 2.12. The maximum absolute atomic E-state index is 12.0. The molecule has 4 N–H and O–H groups in total. The van der Waals surface area contributed by atoms with E-state index >= 15 is 0 Å². The Morgan fingerprint density at radius 3 is 2.95 bits per heavy atom. The first-order chi connectivity index (χ1) is 9.70. The fraction of sp³-hybridized carbons (Fsp3) is 0.143. The molecule has 0 aliphatic rings. The number of anilines is 1. The quantitative estimate of drug-likeness (QED) is 0.756. The van der Waals surface area contributed by atoms with Crippen molar-refractivity contribution < 1.29 is 9.53 Å². The van der Waals surface area contributed by atoms with Gasteiger partial charge < -0.3 is 20.8 Å². The van der Waals surface area contributed by atoms with Crippen LogP contribution in [0.3, 0.4) is 0 Å². The molecular weight excluding hydrogens is 258 g/mol. The third-order valence-corrected chi connectivity index (χ3v) is 2.55. The van der Waals surface area contributed by atoms with Gasteiger partial charge in [-0.2, -0.15) is 0 Å². The summed E-state index contributed by atoms with van der Waals surface area (Å²) in [5, 5.41) is 2.65. The largest absolute Gasteiger partial charge is 0.492 e. The number of carbonyl (C=O) groups excluding carboxylic acids is 1. The van der Waals surface area contributed by atoms with E-state index in [9.17, 15) is 9.59 Å². The Labute approximate surface area is 115 Å². The first kappa shape index (κ1) is 13.8. The van der Waals surface area contributed by atoms with Crippen molar-refractivity contribution >= 4 is 11.6 Å². The standard InChI is InChI=1S/C14H15N3O3/c15-5-7-20-11-3-1-2-10(8-11)17-14(19)12-9-16-6-4-13(12)18/h1-4,6,8-9H,5,7,15H2,(H,16,18)(H,17,19). The van der Waals surface area contributed by atoms with Crippen molar-refractivity contribution in [3.63, 3.8) is 0 Å². The predicted molar refractivity (Wildman–Crippen MR) is 76.0 cm³/mol. The molecule has 0 radical (unpaired) electrons. The van der Waals surface area contributed by atoms with E-state index in [1.807, 2.05) is 0 Å². The van der Waals surface area contributed by atoms with Crippen molar-refractivity contribution in [3.05, 3.63) is 58.5 Å². The molecule has 0 spiro atoms. The van der Waals surface area contributed by atoms with Gasteiger partial charge in [0.05, 0.1) is 0 Å². The highest BCUT2D eigenvalue weighted by Gasteiger charge is 2.09. The number of H-pyrrole nitrogens is 1. The number of hydrogen-bond acceptors (Lipinski definition) is 4. The van der Waals surface area contributed by atoms with Crippen molar-refractivity contribution in [2.75, 3.05) is 18.5 Å². The first-order valence-electron chi connectivity index (χ1n) is 6.12. The van der Waals surface area contributed by atoms with Gasteiger partial charge in [0.15, 0.2) is 5.43 Å². The van der Waals surface area contributed by atoms with Gasteiger partial charge in [0.25, 0.3) is 5.91 Å². The third-order valence-electron chi connectivity index (χ3n) is 2.55. The molecule has 20 heavy (non-hydrogen) atoms. The SMILES string of the molecule is NCCOc1cccc(NC(=O)c2c[nH]ccc2=O)c1. The number of aromatic amines is 1. The average molecular weight is 273 g/mol. The normalized spacial score (nSPS) is 10.1. The van der Waals surface area contributed by atoms with Gasteiger partial charge in [-0.05, 0) is 12.1 Å². The number of nitrogens with two attached hydrogens (primary N) is 1. The molecule has 2 aromatic rings. The number of benzene rings is 1. The molecule has 6 heteroatoms. The lowest BCUT2D eigenvalue weighted by Crippen LogP contribution is -2.20. The molecule has 2 rings (SSSR count). The van der Waals surface area contributed by atoms with E-state index in [4.69, 9.17) is 10.5 Å². The lowest BCUT2D eigenvalue weighted by Gasteiger charge is -2.08. The Kier molecular flexibility index (Phi) is 4.52. The van der Waals surface area contributed by atoms with Crippen LogP contribution in [0.4, 0.5) is 5.69 Å². The molecular formula is C14H15N3O3. The number of nitrogens with one attached hydrogen (secondary N) is 2. The molecule has 0 unspecified atom stereocenters. The van der Waals surface area contributed by atoms with E-state index in [1.165, 1.54) is 18.5 Å². The molecule has 0 fully saturated rings. The van der Waals surface area contributed by atoms with Crippen molar-refractivity contribution in [1.29, 1.82) is 0 Å². The summed E-state index contributed by atoms with van der Waals surface area (Å²) in [6.45, 7) is 0.811. The van der Waals surface area contributed by atoms with Crippen LogP contribution in [-0.4, -0.2) is 24.0 Å². The maximum atomic E-state index is 12.0. The lowest BCUT2D eigenvalue weighted by atomic mass is 10.2. The Morgan fingerprint density at radius 1 is 1.35 bits per heavy atom. The van der Waals surface area contributed by atoms with E-state index in [1.54, 1.807) is 24.3 Å². The van der Waals surface area contributed by atoms with E-state index in [0.29, 0.717) is 24.6 Å². The van der Waals surface area contributed by atoms with Gasteiger partial charge in [0.2, 0.25) is 0 Å². The van der Waals surface area contributed by atoms with Crippen LogP contribution in [0.2, 0.25) is 0 Å². The number of pyridine rings is 1. The van der Waals surface area contributed by atoms with Gasteiger partial charge in [0, 0.05) is 36.8 Å². The number of ether oxygens (including phenoxy) is 1. The minimum absolute atomic E-state index is 0.0563.